The molecular weight excluding hydrogens is 391 g/mol. The number of nitrogens with one attached hydrogen (secondary N) is 2. The Morgan fingerprint density at radius 2 is 1.89 bits per heavy atom. The molecule has 1 atom stereocenters. The van der Waals surface area contributed by atoms with Crippen LogP contribution in [0, 0.1) is 0 Å². The van der Waals surface area contributed by atoms with Crippen molar-refractivity contribution in [2.24, 2.45) is 0 Å². The van der Waals surface area contributed by atoms with Gasteiger partial charge in [-0.2, -0.15) is 24.5 Å². The van der Waals surface area contributed by atoms with Gasteiger partial charge in [-0.05, 0) is 66.5 Å². The van der Waals surface area contributed by atoms with Crippen molar-refractivity contribution < 1.29 is 22.8 Å². The van der Waals surface area contributed by atoms with E-state index in [1.165, 1.54) is 12.1 Å². The van der Waals surface area contributed by atoms with Crippen LogP contribution in [0.1, 0.15) is 30.0 Å². The third-order valence-electron chi connectivity index (χ3n) is 4.62. The number of carbonyl (C=O) groups is 2. The van der Waals surface area contributed by atoms with Gasteiger partial charge in [-0.15, -0.1) is 0 Å². The van der Waals surface area contributed by atoms with Crippen molar-refractivity contribution in [3.8, 4) is 0 Å². The van der Waals surface area contributed by atoms with Crippen LogP contribution in [0.5, 0.6) is 0 Å². The number of rotatable bonds is 5. The van der Waals surface area contributed by atoms with Gasteiger partial charge in [-0.1, -0.05) is 6.07 Å². The summed E-state index contributed by atoms with van der Waals surface area (Å²) in [6.45, 7) is 2.10. The van der Waals surface area contributed by atoms with Gasteiger partial charge in [0, 0.05) is 12.2 Å². The molecule has 2 N–H and O–H groups in total. The Labute approximate surface area is 164 Å². The molecule has 1 unspecified atom stereocenters. The first-order valence-electron chi connectivity index (χ1n) is 8.87. The molecule has 9 heteroatoms. The number of carbonyl (C=O) groups excluding carboxylic acids is 2. The minimum absolute atomic E-state index is 0.0287. The molecule has 1 aromatic carbocycles. The maximum atomic E-state index is 12.8. The lowest BCUT2D eigenvalue weighted by molar-refractivity contribution is -0.137. The molecule has 0 saturated carbocycles. The Balaban J connectivity index is 1.60. The smallest absolute Gasteiger partial charge is 0.346 e. The Kier molecular flexibility index (Phi) is 6.35. The summed E-state index contributed by atoms with van der Waals surface area (Å²) in [5.41, 5.74) is 0.103. The average Bonchev–Trinajstić information content (AvgIpc) is 3.36. The maximum Gasteiger partial charge on any atom is 0.416 e. The molecule has 0 radical (unpaired) electrons. The second-order valence-corrected chi connectivity index (χ2v) is 7.34. The minimum Gasteiger partial charge on any atom is -0.346 e. The number of thiophene rings is 1. The molecule has 3 rings (SSSR count). The Bertz CT molecular complexity index is 818. The number of anilines is 1. The van der Waals surface area contributed by atoms with Crippen LogP contribution in [0.25, 0.3) is 0 Å². The molecule has 0 bridgehead atoms. The summed E-state index contributed by atoms with van der Waals surface area (Å²) in [5.74, 6) is -1.87. The Morgan fingerprint density at radius 3 is 2.54 bits per heavy atom. The minimum atomic E-state index is -4.52. The van der Waals surface area contributed by atoms with Gasteiger partial charge in [0.05, 0.1) is 11.6 Å². The second kappa shape index (κ2) is 8.74. The summed E-state index contributed by atoms with van der Waals surface area (Å²) < 4.78 is 38.3. The van der Waals surface area contributed by atoms with Gasteiger partial charge < -0.3 is 10.6 Å². The molecule has 1 saturated heterocycles. The van der Waals surface area contributed by atoms with Gasteiger partial charge in [0.1, 0.15) is 0 Å². The van der Waals surface area contributed by atoms with Gasteiger partial charge in [0.2, 0.25) is 0 Å². The van der Waals surface area contributed by atoms with E-state index >= 15 is 0 Å². The van der Waals surface area contributed by atoms with Crippen LogP contribution in [0.4, 0.5) is 18.9 Å². The van der Waals surface area contributed by atoms with E-state index in [2.05, 4.69) is 15.5 Å². The average molecular weight is 411 g/mol. The van der Waals surface area contributed by atoms with Crippen molar-refractivity contribution in [1.82, 2.24) is 10.2 Å². The highest BCUT2D eigenvalue weighted by Crippen LogP contribution is 2.30. The van der Waals surface area contributed by atoms with Gasteiger partial charge >= 0.3 is 18.0 Å². The summed E-state index contributed by atoms with van der Waals surface area (Å²) in [5, 5.41) is 8.79. The number of hydrogen-bond donors (Lipinski definition) is 2. The summed E-state index contributed by atoms with van der Waals surface area (Å²) >= 11 is 1.56. The predicted molar refractivity (Wildman–Crippen MR) is 101 cm³/mol. The van der Waals surface area contributed by atoms with Gasteiger partial charge in [0.25, 0.3) is 0 Å². The molecule has 1 fully saturated rings. The molecular formula is C19H20F3N3O2S. The fourth-order valence-corrected chi connectivity index (χ4v) is 3.91. The van der Waals surface area contributed by atoms with Crippen molar-refractivity contribution in [2.75, 3.05) is 25.0 Å². The van der Waals surface area contributed by atoms with Crippen molar-refractivity contribution in [3.05, 3.63) is 52.2 Å². The van der Waals surface area contributed by atoms with E-state index in [4.69, 9.17) is 0 Å². The summed E-state index contributed by atoms with van der Waals surface area (Å²) in [4.78, 5) is 26.5. The fraction of sp³-hybridized carbons (Fsp3) is 0.368. The molecule has 2 aromatic rings. The number of benzene rings is 1. The van der Waals surface area contributed by atoms with Crippen LogP contribution in [0.15, 0.2) is 41.1 Å². The SMILES string of the molecule is O=C(NCC(c1ccsc1)N1CCCC1)C(=O)Nc1cccc(C(F)(F)F)c1. The molecule has 0 aliphatic carbocycles. The van der Waals surface area contributed by atoms with E-state index in [0.29, 0.717) is 0 Å². The van der Waals surface area contributed by atoms with Crippen LogP contribution in [-0.4, -0.2) is 36.3 Å². The zero-order valence-electron chi connectivity index (χ0n) is 15.0. The number of halogens is 3. The first-order chi connectivity index (χ1) is 13.3. The molecule has 2 amide bonds. The standard InChI is InChI=1S/C19H20F3N3O2S/c20-19(21,22)14-4-3-5-15(10-14)24-18(27)17(26)23-11-16(13-6-9-28-12-13)25-7-1-2-8-25/h3-6,9-10,12,16H,1-2,7-8,11H2,(H,23,26)(H,24,27). The molecule has 1 aliphatic heterocycles. The van der Waals surface area contributed by atoms with E-state index in [9.17, 15) is 22.8 Å². The molecule has 1 aromatic heterocycles. The van der Waals surface area contributed by atoms with E-state index in [-0.39, 0.29) is 18.3 Å². The van der Waals surface area contributed by atoms with E-state index < -0.39 is 23.6 Å². The third-order valence-corrected chi connectivity index (χ3v) is 5.32. The van der Waals surface area contributed by atoms with Crippen LogP contribution in [0.2, 0.25) is 0 Å². The third kappa shape index (κ3) is 5.11. The van der Waals surface area contributed by atoms with Gasteiger partial charge in [-0.25, -0.2) is 0 Å². The normalized spacial score (nSPS) is 16.0. The molecule has 2 heterocycles. The van der Waals surface area contributed by atoms with Crippen molar-refractivity contribution >= 4 is 28.8 Å². The van der Waals surface area contributed by atoms with Gasteiger partial charge in [-0.3, -0.25) is 14.5 Å². The summed E-state index contributed by atoms with van der Waals surface area (Å²) in [7, 11) is 0. The van der Waals surface area contributed by atoms with Crippen LogP contribution < -0.4 is 10.6 Å². The molecule has 28 heavy (non-hydrogen) atoms. The zero-order chi connectivity index (χ0) is 20.1. The largest absolute Gasteiger partial charge is 0.416 e. The highest BCUT2D eigenvalue weighted by atomic mass is 32.1. The highest BCUT2D eigenvalue weighted by molar-refractivity contribution is 7.08. The fourth-order valence-electron chi connectivity index (χ4n) is 3.21. The number of amides is 2. The number of likely N-dealkylation sites (tertiary alicyclic amines) is 1. The summed E-state index contributed by atoms with van der Waals surface area (Å²) in [6.07, 6.45) is -2.35. The maximum absolute atomic E-state index is 12.8. The van der Waals surface area contributed by atoms with E-state index in [1.807, 2.05) is 16.8 Å². The first kappa shape index (κ1) is 20.3. The monoisotopic (exact) mass is 411 g/mol. The van der Waals surface area contributed by atoms with Crippen LogP contribution in [0.3, 0.4) is 0 Å². The summed E-state index contributed by atoms with van der Waals surface area (Å²) in [6, 6.07) is 6.14. The lowest BCUT2D eigenvalue weighted by Gasteiger charge is -2.27. The Morgan fingerprint density at radius 1 is 1.14 bits per heavy atom. The lowest BCUT2D eigenvalue weighted by Crippen LogP contribution is -2.41. The topological polar surface area (TPSA) is 61.4 Å². The highest BCUT2D eigenvalue weighted by Gasteiger charge is 2.31. The van der Waals surface area contributed by atoms with Crippen LogP contribution >= 0.6 is 11.3 Å². The number of hydrogen-bond acceptors (Lipinski definition) is 4. The zero-order valence-corrected chi connectivity index (χ0v) is 15.8. The Hall–Kier alpha value is -2.39. The van der Waals surface area contributed by atoms with Crippen molar-refractivity contribution in [3.63, 3.8) is 0 Å². The molecule has 5 nitrogen and oxygen atoms in total. The molecule has 150 valence electrons. The van der Waals surface area contributed by atoms with Crippen molar-refractivity contribution in [2.45, 2.75) is 25.1 Å². The predicted octanol–water partition coefficient (Wildman–Crippen LogP) is 3.66. The quantitative estimate of drug-likeness (QED) is 0.739. The first-order valence-corrected chi connectivity index (χ1v) is 9.81. The van der Waals surface area contributed by atoms with E-state index in [0.717, 1.165) is 43.6 Å². The molecule has 1 aliphatic rings. The molecule has 0 spiro atoms. The van der Waals surface area contributed by atoms with Gasteiger partial charge in [0.15, 0.2) is 0 Å². The lowest BCUT2D eigenvalue weighted by atomic mass is 10.1. The number of alkyl halides is 3. The second-order valence-electron chi connectivity index (χ2n) is 6.56. The van der Waals surface area contributed by atoms with Crippen molar-refractivity contribution in [1.29, 1.82) is 0 Å². The van der Waals surface area contributed by atoms with Crippen LogP contribution in [-0.2, 0) is 15.8 Å². The van der Waals surface area contributed by atoms with E-state index in [1.54, 1.807) is 11.3 Å². The number of nitrogens with zero attached hydrogens (tertiary/aromatic N) is 1.